The zero-order chi connectivity index (χ0) is 21.2. The van der Waals surface area contributed by atoms with Crippen LogP contribution < -0.4 is 4.90 Å². The molecule has 1 saturated heterocycles. The smallest absolute Gasteiger partial charge is 0.416 e. The molecule has 29 heavy (non-hydrogen) atoms. The van der Waals surface area contributed by atoms with Crippen LogP contribution in [0.25, 0.3) is 0 Å². The van der Waals surface area contributed by atoms with Crippen LogP contribution in [-0.4, -0.2) is 35.2 Å². The van der Waals surface area contributed by atoms with Gasteiger partial charge in [-0.3, -0.25) is 0 Å². The predicted octanol–water partition coefficient (Wildman–Crippen LogP) is 4.99. The molecule has 0 spiro atoms. The number of carboxylic acid groups (broad SMARTS) is 1. The molecule has 1 atom stereocenters. The minimum absolute atomic E-state index is 0.0734. The van der Waals surface area contributed by atoms with Gasteiger partial charge in [0.15, 0.2) is 0 Å². The zero-order valence-corrected chi connectivity index (χ0v) is 15.9. The normalized spacial score (nSPS) is 16.5. The molecule has 0 aromatic heterocycles. The van der Waals surface area contributed by atoms with E-state index < -0.39 is 17.8 Å². The fraction of sp³-hybridized carbons (Fsp3) is 0.300. The summed E-state index contributed by atoms with van der Waals surface area (Å²) in [5, 5.41) is 18.5. The van der Waals surface area contributed by atoms with Crippen LogP contribution >= 0.6 is 11.6 Å². The highest BCUT2D eigenvalue weighted by Crippen LogP contribution is 2.35. The number of hydrogen-bond donors (Lipinski definition) is 1. The van der Waals surface area contributed by atoms with E-state index in [1.54, 1.807) is 11.0 Å². The lowest BCUT2D eigenvalue weighted by Crippen LogP contribution is -2.38. The molecule has 2 aromatic rings. The Morgan fingerprint density at radius 3 is 2.62 bits per heavy atom. The first kappa shape index (κ1) is 20.8. The van der Waals surface area contributed by atoms with E-state index in [9.17, 15) is 23.1 Å². The van der Waals surface area contributed by atoms with E-state index >= 15 is 0 Å². The molecule has 0 aliphatic carbocycles. The average molecular weight is 424 g/mol. The number of halogens is 4. The predicted molar refractivity (Wildman–Crippen MR) is 102 cm³/mol. The minimum atomic E-state index is -4.51. The van der Waals surface area contributed by atoms with Gasteiger partial charge in [-0.2, -0.15) is 18.4 Å². The highest BCUT2D eigenvalue weighted by Gasteiger charge is 2.35. The molecule has 9 heteroatoms. The van der Waals surface area contributed by atoms with Crippen molar-refractivity contribution < 1.29 is 23.1 Å². The van der Waals surface area contributed by atoms with Gasteiger partial charge in [0.25, 0.3) is 0 Å². The van der Waals surface area contributed by atoms with Gasteiger partial charge in [0.05, 0.1) is 16.1 Å². The zero-order valence-electron chi connectivity index (χ0n) is 15.2. The molecule has 3 rings (SSSR count). The number of anilines is 1. The Morgan fingerprint density at radius 1 is 1.31 bits per heavy atom. The molecule has 1 heterocycles. The molecule has 2 aromatic carbocycles. The van der Waals surface area contributed by atoms with Gasteiger partial charge in [-0.1, -0.05) is 29.8 Å². The van der Waals surface area contributed by atoms with Crippen molar-refractivity contribution in [1.29, 1.82) is 5.26 Å². The number of nitriles is 1. The molecule has 0 radical (unpaired) electrons. The van der Waals surface area contributed by atoms with E-state index in [4.69, 9.17) is 16.9 Å². The Kier molecular flexibility index (Phi) is 5.89. The van der Waals surface area contributed by atoms with Gasteiger partial charge in [-0.15, -0.1) is 0 Å². The minimum Gasteiger partial charge on any atom is -0.465 e. The average Bonchev–Trinajstić information content (AvgIpc) is 3.16. The molecule has 152 valence electrons. The number of alkyl halides is 3. The van der Waals surface area contributed by atoms with Crippen LogP contribution in [0.1, 0.15) is 23.1 Å². The summed E-state index contributed by atoms with van der Waals surface area (Å²) < 4.78 is 40.3. The van der Waals surface area contributed by atoms with Gasteiger partial charge in [0.1, 0.15) is 6.07 Å². The molecule has 1 N–H and O–H groups in total. The molecule has 0 unspecified atom stereocenters. The maximum absolute atomic E-state index is 13.4. The third-order valence-electron chi connectivity index (χ3n) is 4.94. The van der Waals surface area contributed by atoms with Gasteiger partial charge in [-0.05, 0) is 36.2 Å². The van der Waals surface area contributed by atoms with Crippen molar-refractivity contribution in [3.8, 4) is 6.07 Å². The third kappa shape index (κ3) is 4.57. The summed E-state index contributed by atoms with van der Waals surface area (Å²) in [4.78, 5) is 14.2. The van der Waals surface area contributed by atoms with Crippen LogP contribution in [0.3, 0.4) is 0 Å². The van der Waals surface area contributed by atoms with Crippen LogP contribution in [0, 0.1) is 11.3 Å². The summed E-state index contributed by atoms with van der Waals surface area (Å²) in [6, 6.07) is 11.6. The second-order valence-electron chi connectivity index (χ2n) is 6.73. The lowest BCUT2D eigenvalue weighted by atomic mass is 10.0. The maximum atomic E-state index is 13.4. The van der Waals surface area contributed by atoms with Crippen molar-refractivity contribution in [1.82, 2.24) is 4.90 Å². The van der Waals surface area contributed by atoms with E-state index in [0.29, 0.717) is 18.7 Å². The Bertz CT molecular complexity index is 959. The second-order valence-corrected chi connectivity index (χ2v) is 7.14. The Morgan fingerprint density at radius 2 is 2.03 bits per heavy atom. The molecule has 1 fully saturated rings. The first-order chi connectivity index (χ1) is 13.7. The summed E-state index contributed by atoms with van der Waals surface area (Å²) in [5.41, 5.74) is 0.125. The van der Waals surface area contributed by atoms with Crippen molar-refractivity contribution in [2.45, 2.75) is 25.2 Å². The first-order valence-electron chi connectivity index (χ1n) is 8.80. The fourth-order valence-corrected chi connectivity index (χ4v) is 3.71. The van der Waals surface area contributed by atoms with Gasteiger partial charge in [0, 0.05) is 31.4 Å². The van der Waals surface area contributed by atoms with Crippen LogP contribution in [0.2, 0.25) is 5.02 Å². The highest BCUT2D eigenvalue weighted by molar-refractivity contribution is 6.32. The van der Waals surface area contributed by atoms with Crippen LogP contribution in [0.5, 0.6) is 0 Å². The molecule has 0 bridgehead atoms. The largest absolute Gasteiger partial charge is 0.465 e. The van der Waals surface area contributed by atoms with Crippen molar-refractivity contribution >= 4 is 23.4 Å². The van der Waals surface area contributed by atoms with E-state index in [1.807, 2.05) is 6.07 Å². The van der Waals surface area contributed by atoms with Crippen molar-refractivity contribution in [3.63, 3.8) is 0 Å². The molecule has 5 nitrogen and oxygen atoms in total. The van der Waals surface area contributed by atoms with Crippen molar-refractivity contribution in [2.24, 2.45) is 0 Å². The molecule has 1 amide bonds. The quantitative estimate of drug-likeness (QED) is 0.752. The van der Waals surface area contributed by atoms with Gasteiger partial charge in [0.2, 0.25) is 0 Å². The third-order valence-corrected chi connectivity index (χ3v) is 5.26. The molecule has 1 aliphatic rings. The van der Waals surface area contributed by atoms with Crippen molar-refractivity contribution in [2.75, 3.05) is 18.0 Å². The van der Waals surface area contributed by atoms with Crippen LogP contribution in [0.4, 0.5) is 23.7 Å². The number of benzene rings is 2. The number of likely N-dealkylation sites (tertiary alicyclic amines) is 1. The first-order valence-corrected chi connectivity index (χ1v) is 9.17. The summed E-state index contributed by atoms with van der Waals surface area (Å²) in [6.07, 6.45) is -5.10. The Balaban J connectivity index is 2.00. The van der Waals surface area contributed by atoms with Crippen LogP contribution in [-0.2, 0) is 12.7 Å². The van der Waals surface area contributed by atoms with E-state index in [1.165, 1.54) is 35.2 Å². The Hall–Kier alpha value is -2.92. The monoisotopic (exact) mass is 423 g/mol. The summed E-state index contributed by atoms with van der Waals surface area (Å²) in [7, 11) is 0. The number of hydrogen-bond acceptors (Lipinski definition) is 3. The number of nitrogens with zero attached hydrogens (tertiary/aromatic N) is 3. The van der Waals surface area contributed by atoms with E-state index in [2.05, 4.69) is 0 Å². The van der Waals surface area contributed by atoms with E-state index in [-0.39, 0.29) is 35.3 Å². The van der Waals surface area contributed by atoms with Crippen LogP contribution in [0.15, 0.2) is 42.5 Å². The van der Waals surface area contributed by atoms with Gasteiger partial charge < -0.3 is 14.9 Å². The molecular weight excluding hydrogens is 407 g/mol. The topological polar surface area (TPSA) is 67.6 Å². The summed E-state index contributed by atoms with van der Waals surface area (Å²) in [5.74, 6) is 0. The molecular formula is C20H17ClF3N3O2. The molecule has 1 aliphatic heterocycles. The lowest BCUT2D eigenvalue weighted by Gasteiger charge is -2.32. The summed E-state index contributed by atoms with van der Waals surface area (Å²) >= 11 is 6.13. The number of carbonyl (C=O) groups is 1. The van der Waals surface area contributed by atoms with Gasteiger partial charge in [-0.25, -0.2) is 4.79 Å². The van der Waals surface area contributed by atoms with Gasteiger partial charge >= 0.3 is 12.3 Å². The number of amides is 1. The standard InChI is InChI=1S/C20H17ClF3N3O2/c21-18-9-15(6-5-13(18)10-25)27(16-7-8-26(12-16)19(28)29)11-14-3-1-2-4-17(14)20(22,23)24/h1-6,9,16H,7-8,11-12H2,(H,28,29)/t16-/m0/s1. The maximum Gasteiger partial charge on any atom is 0.416 e. The van der Waals surface area contributed by atoms with Crippen molar-refractivity contribution in [3.05, 3.63) is 64.2 Å². The number of rotatable bonds is 4. The highest BCUT2D eigenvalue weighted by atomic mass is 35.5. The SMILES string of the molecule is N#Cc1ccc(N(Cc2ccccc2C(F)(F)F)[C@H]2CCN(C(=O)O)C2)cc1Cl. The lowest BCUT2D eigenvalue weighted by molar-refractivity contribution is -0.138. The summed E-state index contributed by atoms with van der Waals surface area (Å²) in [6.45, 7) is 0.388. The fourth-order valence-electron chi connectivity index (χ4n) is 3.49. The Labute approximate surface area is 170 Å². The van der Waals surface area contributed by atoms with E-state index in [0.717, 1.165) is 6.07 Å². The molecule has 0 saturated carbocycles. The second kappa shape index (κ2) is 8.21.